The average molecular weight is 617 g/mol. The number of hydrogen-bond acceptors (Lipinski definition) is 4. The van der Waals surface area contributed by atoms with Crippen LogP contribution in [0.5, 0.6) is 5.75 Å². The first-order valence-corrected chi connectivity index (χ1v) is 17.5. The molecular weight excluding hydrogens is 560 g/mol. The van der Waals surface area contributed by atoms with Gasteiger partial charge in [-0.25, -0.2) is 4.79 Å². The number of rotatable bonds is 5. The minimum atomic E-state index is -0.600. The molecule has 5 aliphatic carbocycles. The van der Waals surface area contributed by atoms with Gasteiger partial charge in [-0.1, -0.05) is 72.2 Å². The summed E-state index contributed by atoms with van der Waals surface area (Å²) in [6.07, 6.45) is 15.6. The lowest BCUT2D eigenvalue weighted by molar-refractivity contribution is -0.212. The number of esters is 1. The van der Waals surface area contributed by atoms with E-state index in [1.807, 2.05) is 30.3 Å². The quantitative estimate of drug-likeness (QED) is 0.203. The van der Waals surface area contributed by atoms with Crippen molar-refractivity contribution < 1.29 is 24.2 Å². The molecule has 0 heterocycles. The van der Waals surface area contributed by atoms with Gasteiger partial charge < -0.3 is 14.6 Å². The van der Waals surface area contributed by atoms with Crippen molar-refractivity contribution in [2.45, 2.75) is 119 Å². The lowest BCUT2D eigenvalue weighted by Crippen LogP contribution is -2.65. The number of benzene rings is 1. The fraction of sp³-hybridized carbons (Fsp3) is 0.700. The molecule has 0 saturated heterocycles. The number of methoxy groups -OCH3 is 1. The van der Waals surface area contributed by atoms with Crippen LogP contribution in [0.25, 0.3) is 6.08 Å². The third-order valence-corrected chi connectivity index (χ3v) is 14.8. The molecule has 5 aliphatic rings. The Morgan fingerprint density at radius 1 is 0.867 bits per heavy atom. The Kier molecular flexibility index (Phi) is 7.73. The highest BCUT2D eigenvalue weighted by atomic mass is 16.5. The fourth-order valence-corrected chi connectivity index (χ4v) is 11.9. The van der Waals surface area contributed by atoms with Crippen LogP contribution in [-0.2, 0) is 14.3 Å². The SMILES string of the molecule is COc1ccc(/C=C/C(=O)O[C@H]2CC[C@@]3(C)C(CC[C@]4(C)C3CC=C3C5CC(C)(C)CC[C@]5(C(=O)O)CC[C@]34C)C2(C)C)cc1. The van der Waals surface area contributed by atoms with Crippen LogP contribution in [-0.4, -0.2) is 30.3 Å². The van der Waals surface area contributed by atoms with Crippen LogP contribution in [0, 0.1) is 50.2 Å². The van der Waals surface area contributed by atoms with E-state index >= 15 is 0 Å². The van der Waals surface area contributed by atoms with Gasteiger partial charge in [-0.2, -0.15) is 0 Å². The van der Waals surface area contributed by atoms with Gasteiger partial charge in [-0.15, -0.1) is 0 Å². The van der Waals surface area contributed by atoms with Gasteiger partial charge in [0, 0.05) is 11.5 Å². The minimum absolute atomic E-state index is 0.0145. The molecule has 1 aromatic carbocycles. The van der Waals surface area contributed by atoms with E-state index in [-0.39, 0.29) is 45.1 Å². The number of ether oxygens (including phenoxy) is 2. The molecule has 0 spiro atoms. The molecule has 0 aromatic heterocycles. The second-order valence-electron chi connectivity index (χ2n) is 17.6. The largest absolute Gasteiger partial charge is 0.497 e. The predicted molar refractivity (Wildman–Crippen MR) is 179 cm³/mol. The molecule has 5 nitrogen and oxygen atoms in total. The standard InChI is InChI=1S/C40H56O5/c1-35(2)21-23-40(34(42)43)24-22-38(6)28(29(40)25-35)14-15-31-37(5)19-18-32(36(3,4)30(37)17-20-39(31,38)7)45-33(41)16-11-26-9-12-27(44-8)13-10-26/h9-14,16,29-32H,15,17-25H2,1-8H3,(H,42,43)/b16-11+/t29?,30?,31?,32-,37-,38+,39+,40-/m0/s1. The number of carboxylic acid groups (broad SMARTS) is 1. The van der Waals surface area contributed by atoms with E-state index in [1.54, 1.807) is 13.2 Å². The van der Waals surface area contributed by atoms with E-state index in [2.05, 4.69) is 54.5 Å². The van der Waals surface area contributed by atoms with Gasteiger partial charge >= 0.3 is 11.9 Å². The third kappa shape index (κ3) is 4.84. The molecule has 4 saturated carbocycles. The van der Waals surface area contributed by atoms with E-state index in [4.69, 9.17) is 9.47 Å². The van der Waals surface area contributed by atoms with Gasteiger partial charge in [-0.3, -0.25) is 4.79 Å². The van der Waals surface area contributed by atoms with Crippen LogP contribution in [0.4, 0.5) is 0 Å². The van der Waals surface area contributed by atoms with Crippen molar-refractivity contribution in [1.82, 2.24) is 0 Å². The molecule has 0 bridgehead atoms. The van der Waals surface area contributed by atoms with Crippen molar-refractivity contribution in [3.8, 4) is 5.75 Å². The molecule has 45 heavy (non-hydrogen) atoms. The summed E-state index contributed by atoms with van der Waals surface area (Å²) in [5, 5.41) is 10.6. The maximum atomic E-state index is 13.1. The Balaban J connectivity index is 1.24. The molecule has 1 N–H and O–H groups in total. The normalized spacial score (nSPS) is 41.5. The highest BCUT2D eigenvalue weighted by Crippen LogP contribution is 2.75. The molecule has 3 unspecified atom stereocenters. The number of fused-ring (bicyclic) bond motifs is 7. The zero-order valence-corrected chi connectivity index (χ0v) is 29.0. The Bertz CT molecular complexity index is 1400. The highest BCUT2D eigenvalue weighted by Gasteiger charge is 2.69. The summed E-state index contributed by atoms with van der Waals surface area (Å²) in [4.78, 5) is 26.0. The first-order valence-electron chi connectivity index (χ1n) is 17.5. The summed E-state index contributed by atoms with van der Waals surface area (Å²) in [7, 11) is 1.65. The van der Waals surface area contributed by atoms with Crippen molar-refractivity contribution in [3.05, 3.63) is 47.6 Å². The zero-order chi connectivity index (χ0) is 32.6. The molecule has 0 amide bonds. The molecular formula is C40H56O5. The van der Waals surface area contributed by atoms with Crippen LogP contribution in [0.1, 0.15) is 118 Å². The van der Waals surface area contributed by atoms with E-state index in [0.717, 1.165) is 75.5 Å². The van der Waals surface area contributed by atoms with Gasteiger partial charge in [0.05, 0.1) is 12.5 Å². The zero-order valence-electron chi connectivity index (χ0n) is 29.0. The van der Waals surface area contributed by atoms with Crippen LogP contribution < -0.4 is 4.74 Å². The number of carboxylic acids is 1. The van der Waals surface area contributed by atoms with Crippen LogP contribution in [0.15, 0.2) is 42.0 Å². The first kappa shape index (κ1) is 32.4. The Morgan fingerprint density at radius 2 is 1.56 bits per heavy atom. The van der Waals surface area contributed by atoms with Crippen molar-refractivity contribution >= 4 is 18.0 Å². The second kappa shape index (κ2) is 10.7. The van der Waals surface area contributed by atoms with Crippen LogP contribution in [0.2, 0.25) is 0 Å². The number of aliphatic carboxylic acids is 1. The second-order valence-corrected chi connectivity index (χ2v) is 17.6. The molecule has 6 rings (SSSR count). The summed E-state index contributed by atoms with van der Waals surface area (Å²) in [5.41, 5.74) is 2.13. The Hall–Kier alpha value is -2.56. The summed E-state index contributed by atoms with van der Waals surface area (Å²) < 4.78 is 11.5. The number of carbonyl (C=O) groups is 2. The van der Waals surface area contributed by atoms with Crippen molar-refractivity contribution in [3.63, 3.8) is 0 Å². The Labute approximate surface area is 271 Å². The molecule has 5 heteroatoms. The van der Waals surface area contributed by atoms with E-state index in [0.29, 0.717) is 11.8 Å². The number of allylic oxidation sites excluding steroid dienone is 2. The lowest BCUT2D eigenvalue weighted by Gasteiger charge is -2.71. The van der Waals surface area contributed by atoms with Gasteiger partial charge in [0.1, 0.15) is 11.9 Å². The minimum Gasteiger partial charge on any atom is -0.497 e. The van der Waals surface area contributed by atoms with Crippen LogP contribution >= 0.6 is 0 Å². The smallest absolute Gasteiger partial charge is 0.331 e. The van der Waals surface area contributed by atoms with E-state index in [9.17, 15) is 14.7 Å². The topological polar surface area (TPSA) is 72.8 Å². The maximum Gasteiger partial charge on any atom is 0.331 e. The molecule has 0 radical (unpaired) electrons. The van der Waals surface area contributed by atoms with E-state index in [1.165, 1.54) is 5.57 Å². The molecule has 246 valence electrons. The van der Waals surface area contributed by atoms with E-state index < -0.39 is 11.4 Å². The first-order chi connectivity index (χ1) is 21.0. The van der Waals surface area contributed by atoms with Gasteiger partial charge in [-0.05, 0) is 127 Å². The van der Waals surface area contributed by atoms with Gasteiger partial charge in [0.25, 0.3) is 0 Å². The molecule has 0 aliphatic heterocycles. The lowest BCUT2D eigenvalue weighted by atomic mass is 9.33. The molecule has 4 fully saturated rings. The summed E-state index contributed by atoms with van der Waals surface area (Å²) >= 11 is 0. The number of carbonyl (C=O) groups excluding carboxylic acids is 1. The summed E-state index contributed by atoms with van der Waals surface area (Å²) in [6, 6.07) is 7.65. The third-order valence-electron chi connectivity index (χ3n) is 14.8. The van der Waals surface area contributed by atoms with Crippen molar-refractivity contribution in [2.24, 2.45) is 50.2 Å². The van der Waals surface area contributed by atoms with Crippen molar-refractivity contribution in [1.29, 1.82) is 0 Å². The van der Waals surface area contributed by atoms with Crippen molar-refractivity contribution in [2.75, 3.05) is 7.11 Å². The van der Waals surface area contributed by atoms with Gasteiger partial charge in [0.15, 0.2) is 0 Å². The maximum absolute atomic E-state index is 13.1. The Morgan fingerprint density at radius 3 is 2.22 bits per heavy atom. The fourth-order valence-electron chi connectivity index (χ4n) is 11.9. The average Bonchev–Trinajstić information content (AvgIpc) is 2.97. The summed E-state index contributed by atoms with van der Waals surface area (Å²) in [5.74, 6) is 1.07. The molecule has 1 aromatic rings. The monoisotopic (exact) mass is 616 g/mol. The molecule has 8 atom stereocenters. The summed E-state index contributed by atoms with van der Waals surface area (Å²) in [6.45, 7) is 17.0. The van der Waals surface area contributed by atoms with Crippen LogP contribution in [0.3, 0.4) is 0 Å². The highest BCUT2D eigenvalue weighted by molar-refractivity contribution is 5.87. The number of hydrogen-bond donors (Lipinski definition) is 1. The van der Waals surface area contributed by atoms with Gasteiger partial charge in [0.2, 0.25) is 0 Å². The predicted octanol–water partition coefficient (Wildman–Crippen LogP) is 9.51.